The van der Waals surface area contributed by atoms with Crippen LogP contribution in [0.3, 0.4) is 0 Å². The van der Waals surface area contributed by atoms with Crippen LogP contribution in [-0.4, -0.2) is 28.6 Å². The third-order valence-corrected chi connectivity index (χ3v) is 5.38. The number of anilines is 1. The minimum absolute atomic E-state index is 0.277. The summed E-state index contributed by atoms with van der Waals surface area (Å²) in [5, 5.41) is 11.6. The van der Waals surface area contributed by atoms with E-state index in [0.717, 1.165) is 37.1 Å². The molecule has 1 atom stereocenters. The average molecular weight is 339 g/mol. The number of amidine groups is 1. The van der Waals surface area contributed by atoms with Crippen molar-refractivity contribution in [1.29, 1.82) is 0 Å². The standard InChI is InChI=1S/C21H24FN2O/c1-16-6-12-19(13-7-16)23-15-21(25,17-8-10-18(22)11-9-17)24-14-4-2-3-5-20(23)24/h6-13,25H,2-5,14-15H2,1H3/q+1/t21-/m0/s1. The van der Waals surface area contributed by atoms with Gasteiger partial charge in [0.25, 0.3) is 11.6 Å². The highest BCUT2D eigenvalue weighted by molar-refractivity contribution is 5.95. The lowest BCUT2D eigenvalue weighted by Gasteiger charge is -2.23. The fourth-order valence-electron chi connectivity index (χ4n) is 4.00. The Labute approximate surface area is 148 Å². The fraction of sp³-hybridized carbons (Fsp3) is 0.381. The summed E-state index contributed by atoms with van der Waals surface area (Å²) in [4.78, 5) is 2.23. The summed E-state index contributed by atoms with van der Waals surface area (Å²) in [7, 11) is 0. The van der Waals surface area contributed by atoms with Crippen molar-refractivity contribution in [3.05, 3.63) is 65.5 Å². The number of rotatable bonds is 2. The molecule has 4 rings (SSSR count). The van der Waals surface area contributed by atoms with Crippen molar-refractivity contribution < 1.29 is 14.1 Å². The molecule has 0 aliphatic carbocycles. The molecule has 0 fully saturated rings. The third kappa shape index (κ3) is 2.85. The number of aliphatic hydroxyl groups is 1. The molecule has 0 unspecified atom stereocenters. The summed E-state index contributed by atoms with van der Waals surface area (Å²) in [6.45, 7) is 3.37. The summed E-state index contributed by atoms with van der Waals surface area (Å²) in [6, 6.07) is 14.7. The monoisotopic (exact) mass is 339 g/mol. The van der Waals surface area contributed by atoms with Crippen molar-refractivity contribution in [3.63, 3.8) is 0 Å². The molecular weight excluding hydrogens is 315 g/mol. The molecule has 25 heavy (non-hydrogen) atoms. The molecule has 2 aromatic carbocycles. The second-order valence-electron chi connectivity index (χ2n) is 7.12. The normalized spacial score (nSPS) is 23.6. The van der Waals surface area contributed by atoms with Crippen LogP contribution in [0.15, 0.2) is 48.5 Å². The van der Waals surface area contributed by atoms with Crippen molar-refractivity contribution in [2.45, 2.75) is 38.3 Å². The Hall–Kier alpha value is -2.20. The molecular formula is C21H24FN2O+. The molecule has 3 nitrogen and oxygen atoms in total. The number of benzene rings is 2. The molecule has 2 heterocycles. The van der Waals surface area contributed by atoms with Gasteiger partial charge in [-0.05, 0) is 62.6 Å². The first kappa shape index (κ1) is 16.3. The van der Waals surface area contributed by atoms with E-state index >= 15 is 0 Å². The van der Waals surface area contributed by atoms with Gasteiger partial charge in [0, 0.05) is 12.0 Å². The minimum atomic E-state index is -1.11. The largest absolute Gasteiger partial charge is 0.346 e. The summed E-state index contributed by atoms with van der Waals surface area (Å²) in [5.41, 5.74) is 1.96. The molecule has 0 aromatic heterocycles. The highest BCUT2D eigenvalue weighted by Crippen LogP contribution is 2.35. The Morgan fingerprint density at radius 2 is 1.72 bits per heavy atom. The van der Waals surface area contributed by atoms with E-state index < -0.39 is 5.72 Å². The molecule has 0 saturated heterocycles. The van der Waals surface area contributed by atoms with Crippen molar-refractivity contribution >= 4 is 11.5 Å². The van der Waals surface area contributed by atoms with E-state index in [0.29, 0.717) is 6.54 Å². The van der Waals surface area contributed by atoms with Crippen molar-refractivity contribution in [1.82, 2.24) is 0 Å². The molecule has 2 aliphatic heterocycles. The van der Waals surface area contributed by atoms with Crippen molar-refractivity contribution in [2.75, 3.05) is 18.0 Å². The first-order valence-corrected chi connectivity index (χ1v) is 9.04. The van der Waals surface area contributed by atoms with E-state index in [1.807, 2.05) is 0 Å². The molecule has 2 aromatic rings. The molecule has 0 bridgehead atoms. The maximum absolute atomic E-state index is 13.4. The highest BCUT2D eigenvalue weighted by Gasteiger charge is 2.51. The number of hydrogen-bond acceptors (Lipinski definition) is 2. The molecule has 4 heteroatoms. The lowest BCUT2D eigenvalue weighted by Crippen LogP contribution is -2.41. The van der Waals surface area contributed by atoms with Gasteiger partial charge in [0.1, 0.15) is 11.5 Å². The number of aryl methyl sites for hydroxylation is 1. The fourth-order valence-corrected chi connectivity index (χ4v) is 4.00. The van der Waals surface area contributed by atoms with Crippen LogP contribution in [0.2, 0.25) is 0 Å². The Bertz CT molecular complexity index is 798. The lowest BCUT2D eigenvalue weighted by molar-refractivity contribution is -0.658. The molecule has 0 saturated carbocycles. The second kappa shape index (κ2) is 6.26. The predicted octanol–water partition coefficient (Wildman–Crippen LogP) is 3.78. The maximum atomic E-state index is 13.4. The van der Waals surface area contributed by atoms with Crippen LogP contribution < -0.4 is 4.90 Å². The van der Waals surface area contributed by atoms with Gasteiger partial charge in [-0.25, -0.2) is 13.9 Å². The predicted molar refractivity (Wildman–Crippen MR) is 97.4 cm³/mol. The summed E-state index contributed by atoms with van der Waals surface area (Å²) in [5.74, 6) is 0.897. The van der Waals surface area contributed by atoms with Crippen LogP contribution in [0.4, 0.5) is 10.1 Å². The van der Waals surface area contributed by atoms with Gasteiger partial charge in [0.05, 0.1) is 6.54 Å². The van der Waals surface area contributed by atoms with E-state index in [-0.39, 0.29) is 5.82 Å². The Morgan fingerprint density at radius 1 is 1.00 bits per heavy atom. The summed E-state index contributed by atoms with van der Waals surface area (Å²) < 4.78 is 15.5. The topological polar surface area (TPSA) is 26.5 Å². The first-order valence-electron chi connectivity index (χ1n) is 9.04. The molecule has 1 N–H and O–H groups in total. The first-order chi connectivity index (χ1) is 12.1. The molecule has 2 aliphatic rings. The van der Waals surface area contributed by atoms with Crippen LogP contribution in [0.5, 0.6) is 0 Å². The molecule has 0 amide bonds. The Morgan fingerprint density at radius 3 is 2.44 bits per heavy atom. The van der Waals surface area contributed by atoms with Gasteiger partial charge < -0.3 is 5.11 Å². The zero-order chi connectivity index (χ0) is 17.4. The van der Waals surface area contributed by atoms with Gasteiger partial charge in [-0.1, -0.05) is 17.7 Å². The third-order valence-electron chi connectivity index (χ3n) is 5.38. The van der Waals surface area contributed by atoms with Gasteiger partial charge in [-0.2, -0.15) is 0 Å². The van der Waals surface area contributed by atoms with E-state index in [1.165, 1.54) is 30.0 Å². The van der Waals surface area contributed by atoms with Crippen molar-refractivity contribution in [2.24, 2.45) is 0 Å². The maximum Gasteiger partial charge on any atom is 0.271 e. The summed E-state index contributed by atoms with van der Waals surface area (Å²) >= 11 is 0. The number of β-amino-alcohol motifs (C(OH)–C–C–N with tert-alkyl or cyclic N) is 1. The molecule has 0 radical (unpaired) electrons. The average Bonchev–Trinajstić information content (AvgIpc) is 2.78. The van der Waals surface area contributed by atoms with E-state index in [1.54, 1.807) is 12.1 Å². The number of nitrogens with zero attached hydrogens (tertiary/aromatic N) is 2. The minimum Gasteiger partial charge on any atom is -0.346 e. The van der Waals surface area contributed by atoms with Gasteiger partial charge in [-0.15, -0.1) is 0 Å². The van der Waals surface area contributed by atoms with E-state index in [4.69, 9.17) is 0 Å². The van der Waals surface area contributed by atoms with Crippen LogP contribution in [0.1, 0.15) is 36.8 Å². The molecule has 130 valence electrons. The Balaban J connectivity index is 1.79. The highest BCUT2D eigenvalue weighted by atomic mass is 19.1. The van der Waals surface area contributed by atoms with Crippen molar-refractivity contribution in [3.8, 4) is 0 Å². The second-order valence-corrected chi connectivity index (χ2v) is 7.12. The van der Waals surface area contributed by atoms with Gasteiger partial charge in [0.15, 0.2) is 6.54 Å². The zero-order valence-corrected chi connectivity index (χ0v) is 14.6. The smallest absolute Gasteiger partial charge is 0.271 e. The van der Waals surface area contributed by atoms with E-state index in [2.05, 4.69) is 40.7 Å². The summed E-state index contributed by atoms with van der Waals surface area (Å²) in [6.07, 6.45) is 4.32. The molecule has 0 spiro atoms. The van der Waals surface area contributed by atoms with Gasteiger partial charge >= 0.3 is 0 Å². The number of hydrogen-bond donors (Lipinski definition) is 1. The van der Waals surface area contributed by atoms with Gasteiger partial charge in [-0.3, -0.25) is 0 Å². The van der Waals surface area contributed by atoms with Crippen LogP contribution in [0.25, 0.3) is 0 Å². The zero-order valence-electron chi connectivity index (χ0n) is 14.6. The van der Waals surface area contributed by atoms with Crippen LogP contribution in [0, 0.1) is 12.7 Å². The lowest BCUT2D eigenvalue weighted by atomic mass is 10.0. The SMILES string of the molecule is Cc1ccc(N2C[C@](O)(c3ccc(F)cc3)[N+]3=C2CCCCC3)cc1. The van der Waals surface area contributed by atoms with Crippen LogP contribution in [-0.2, 0) is 5.72 Å². The van der Waals surface area contributed by atoms with Gasteiger partial charge in [0.2, 0.25) is 0 Å². The Kier molecular flexibility index (Phi) is 4.08. The quantitative estimate of drug-likeness (QED) is 0.843. The number of halogens is 1. The van der Waals surface area contributed by atoms with E-state index in [9.17, 15) is 9.50 Å². The van der Waals surface area contributed by atoms with Crippen LogP contribution >= 0.6 is 0 Å².